The molecule has 0 amide bonds. The maximum absolute atomic E-state index is 11.2. The number of ether oxygens (including phenoxy) is 1. The summed E-state index contributed by atoms with van der Waals surface area (Å²) in [5, 5.41) is 8.73. The van der Waals surface area contributed by atoms with Gasteiger partial charge in [0.25, 0.3) is 9.05 Å². The Bertz CT molecular complexity index is 585. The molecule has 0 aromatic heterocycles. The van der Waals surface area contributed by atoms with Crippen molar-refractivity contribution in [3.8, 4) is 18.1 Å². The van der Waals surface area contributed by atoms with E-state index in [1.807, 2.05) is 0 Å². The van der Waals surface area contributed by atoms with Gasteiger partial charge in [0.2, 0.25) is 0 Å². The van der Waals surface area contributed by atoms with E-state index >= 15 is 0 Å². The van der Waals surface area contributed by atoms with E-state index < -0.39 is 19.9 Å². The highest BCUT2D eigenvalue weighted by Crippen LogP contribution is 2.28. The van der Waals surface area contributed by atoms with Crippen molar-refractivity contribution < 1.29 is 23.1 Å². The lowest BCUT2D eigenvalue weighted by Gasteiger charge is -2.07. The summed E-state index contributed by atoms with van der Waals surface area (Å²) in [6, 6.07) is 3.30. The molecule has 0 aliphatic carbocycles. The van der Waals surface area contributed by atoms with E-state index in [1.165, 1.54) is 12.1 Å². The molecule has 0 fully saturated rings. The Morgan fingerprint density at radius 1 is 1.53 bits per heavy atom. The van der Waals surface area contributed by atoms with E-state index in [-0.39, 0.29) is 17.9 Å². The number of carboxylic acids is 1. The Balaban J connectivity index is 3.33. The first kappa shape index (κ1) is 13.4. The summed E-state index contributed by atoms with van der Waals surface area (Å²) in [6.07, 6.45) is 4.96. The van der Waals surface area contributed by atoms with E-state index in [1.54, 1.807) is 0 Å². The Morgan fingerprint density at radius 2 is 2.18 bits per heavy atom. The molecule has 1 aromatic carbocycles. The highest BCUT2D eigenvalue weighted by Gasteiger charge is 2.19. The fraction of sp³-hybridized carbons (Fsp3) is 0.100. The Labute approximate surface area is 102 Å². The third-order valence-electron chi connectivity index (χ3n) is 1.76. The summed E-state index contributed by atoms with van der Waals surface area (Å²) in [5.41, 5.74) is -0.211. The number of rotatable bonds is 4. The molecule has 0 saturated carbocycles. The second-order valence-corrected chi connectivity index (χ2v) is 5.43. The van der Waals surface area contributed by atoms with Crippen LogP contribution < -0.4 is 4.74 Å². The molecular formula is C10H7ClO5S. The van der Waals surface area contributed by atoms with Crippen LogP contribution in [0.1, 0.15) is 10.4 Å². The molecule has 17 heavy (non-hydrogen) atoms. The number of halogens is 1. The number of terminal acetylenes is 1. The van der Waals surface area contributed by atoms with Crippen molar-refractivity contribution >= 4 is 25.7 Å². The van der Waals surface area contributed by atoms with Crippen molar-refractivity contribution in [2.24, 2.45) is 0 Å². The maximum atomic E-state index is 11.2. The molecule has 0 atom stereocenters. The number of hydrogen-bond donors (Lipinski definition) is 1. The van der Waals surface area contributed by atoms with Crippen LogP contribution in [0.15, 0.2) is 23.1 Å². The van der Waals surface area contributed by atoms with Gasteiger partial charge in [-0.1, -0.05) is 5.92 Å². The van der Waals surface area contributed by atoms with Gasteiger partial charge in [0.05, 0.1) is 5.56 Å². The normalized spacial score (nSPS) is 10.6. The first-order valence-corrected chi connectivity index (χ1v) is 6.55. The third kappa shape index (κ3) is 3.37. The minimum atomic E-state index is -4.10. The molecule has 0 radical (unpaired) electrons. The van der Waals surface area contributed by atoms with E-state index in [2.05, 4.69) is 5.92 Å². The Kier molecular flexibility index (Phi) is 3.99. The van der Waals surface area contributed by atoms with Crippen molar-refractivity contribution in [3.05, 3.63) is 23.8 Å². The molecule has 0 bridgehead atoms. The number of benzene rings is 1. The lowest BCUT2D eigenvalue weighted by atomic mass is 10.2. The largest absolute Gasteiger partial charge is 0.480 e. The van der Waals surface area contributed by atoms with Gasteiger partial charge in [-0.3, -0.25) is 0 Å². The molecular weight excluding hydrogens is 268 g/mol. The zero-order valence-corrected chi connectivity index (χ0v) is 9.96. The van der Waals surface area contributed by atoms with E-state index in [0.29, 0.717) is 0 Å². The van der Waals surface area contributed by atoms with Crippen LogP contribution in [0.5, 0.6) is 5.75 Å². The summed E-state index contributed by atoms with van der Waals surface area (Å²) in [7, 11) is 1.06. The molecule has 1 aromatic rings. The van der Waals surface area contributed by atoms with Gasteiger partial charge in [0.1, 0.15) is 17.3 Å². The average molecular weight is 275 g/mol. The Hall–Kier alpha value is -1.71. The van der Waals surface area contributed by atoms with E-state index in [9.17, 15) is 13.2 Å². The topological polar surface area (TPSA) is 80.7 Å². The second kappa shape index (κ2) is 5.08. The minimum absolute atomic E-state index is 0.0806. The van der Waals surface area contributed by atoms with Crippen LogP contribution in [-0.2, 0) is 9.05 Å². The van der Waals surface area contributed by atoms with Crippen LogP contribution in [0.2, 0.25) is 0 Å². The second-order valence-electron chi connectivity index (χ2n) is 2.90. The van der Waals surface area contributed by atoms with E-state index in [4.69, 9.17) is 26.9 Å². The van der Waals surface area contributed by atoms with Crippen molar-refractivity contribution in [2.45, 2.75) is 4.90 Å². The third-order valence-corrected chi connectivity index (χ3v) is 3.11. The maximum Gasteiger partial charge on any atom is 0.335 e. The highest BCUT2D eigenvalue weighted by atomic mass is 35.7. The standard InChI is InChI=1S/C10H7ClO5S/c1-2-5-16-8-4-3-7(10(12)13)6-9(8)17(11,14)15/h1,3-4,6H,5H2,(H,12,13). The van der Waals surface area contributed by atoms with Crippen LogP contribution in [0.4, 0.5) is 0 Å². The summed E-state index contributed by atoms with van der Waals surface area (Å²) in [6.45, 7) is -0.147. The van der Waals surface area contributed by atoms with Crippen molar-refractivity contribution in [3.63, 3.8) is 0 Å². The van der Waals surface area contributed by atoms with Crippen molar-refractivity contribution in [1.82, 2.24) is 0 Å². The molecule has 1 rings (SSSR count). The summed E-state index contributed by atoms with van der Waals surface area (Å²) in [4.78, 5) is 10.3. The predicted molar refractivity (Wildman–Crippen MR) is 60.8 cm³/mol. The van der Waals surface area contributed by atoms with Gasteiger partial charge in [0.15, 0.2) is 0 Å². The first-order chi connectivity index (χ1) is 7.86. The molecule has 1 N–H and O–H groups in total. The van der Waals surface area contributed by atoms with Gasteiger partial charge >= 0.3 is 5.97 Å². The number of carbonyl (C=O) groups is 1. The van der Waals surface area contributed by atoms with Gasteiger partial charge in [-0.25, -0.2) is 13.2 Å². The summed E-state index contributed by atoms with van der Waals surface area (Å²) in [5.74, 6) is 0.807. The minimum Gasteiger partial charge on any atom is -0.480 e. The SMILES string of the molecule is C#CCOc1ccc(C(=O)O)cc1S(=O)(=O)Cl. The quantitative estimate of drug-likeness (QED) is 0.662. The van der Waals surface area contributed by atoms with Crippen molar-refractivity contribution in [1.29, 1.82) is 0 Å². The van der Waals surface area contributed by atoms with Gasteiger partial charge in [-0.2, -0.15) is 0 Å². The number of aromatic carboxylic acids is 1. The van der Waals surface area contributed by atoms with Gasteiger partial charge in [-0.15, -0.1) is 6.42 Å². The average Bonchev–Trinajstić information content (AvgIpc) is 2.24. The molecule has 5 nitrogen and oxygen atoms in total. The molecule has 0 spiro atoms. The number of hydrogen-bond acceptors (Lipinski definition) is 4. The molecule has 0 heterocycles. The molecule has 0 unspecified atom stereocenters. The zero-order valence-electron chi connectivity index (χ0n) is 8.38. The lowest BCUT2D eigenvalue weighted by molar-refractivity contribution is 0.0696. The molecule has 0 aliphatic rings. The van der Waals surface area contributed by atoms with Crippen LogP contribution in [-0.4, -0.2) is 26.1 Å². The Morgan fingerprint density at radius 3 is 2.65 bits per heavy atom. The molecule has 0 saturated heterocycles. The van der Waals surface area contributed by atoms with Crippen LogP contribution in [0, 0.1) is 12.3 Å². The predicted octanol–water partition coefficient (Wildman–Crippen LogP) is 1.32. The van der Waals surface area contributed by atoms with Gasteiger partial charge in [-0.05, 0) is 18.2 Å². The van der Waals surface area contributed by atoms with Gasteiger partial charge in [0, 0.05) is 10.7 Å². The molecule has 90 valence electrons. The lowest BCUT2D eigenvalue weighted by Crippen LogP contribution is -2.04. The number of carboxylic acid groups (broad SMARTS) is 1. The van der Waals surface area contributed by atoms with Crippen LogP contribution in [0.3, 0.4) is 0 Å². The fourth-order valence-corrected chi connectivity index (χ4v) is 2.07. The van der Waals surface area contributed by atoms with Crippen molar-refractivity contribution in [2.75, 3.05) is 6.61 Å². The first-order valence-electron chi connectivity index (χ1n) is 4.24. The monoisotopic (exact) mass is 274 g/mol. The van der Waals surface area contributed by atoms with Crippen LogP contribution >= 0.6 is 10.7 Å². The molecule has 7 heteroatoms. The zero-order chi connectivity index (χ0) is 13.1. The highest BCUT2D eigenvalue weighted by molar-refractivity contribution is 8.13. The van der Waals surface area contributed by atoms with E-state index in [0.717, 1.165) is 6.07 Å². The van der Waals surface area contributed by atoms with Gasteiger partial charge < -0.3 is 9.84 Å². The summed E-state index contributed by atoms with van der Waals surface area (Å²) >= 11 is 0. The van der Waals surface area contributed by atoms with Crippen LogP contribution in [0.25, 0.3) is 0 Å². The molecule has 0 aliphatic heterocycles. The summed E-state index contributed by atoms with van der Waals surface area (Å²) < 4.78 is 27.4. The fourth-order valence-electron chi connectivity index (χ4n) is 1.07. The smallest absolute Gasteiger partial charge is 0.335 e.